The lowest BCUT2D eigenvalue weighted by Gasteiger charge is -2.37. The molecule has 1 amide bonds. The van der Waals surface area contributed by atoms with E-state index in [4.69, 9.17) is 4.74 Å². The number of hydrogen-bond donors (Lipinski definition) is 0. The number of rotatable bonds is 5. The fourth-order valence-corrected chi connectivity index (χ4v) is 3.98. The number of carbonyl (C=O) groups is 1. The number of ether oxygens (including phenoxy) is 1. The molecule has 0 bridgehead atoms. The van der Waals surface area contributed by atoms with Crippen molar-refractivity contribution in [1.82, 2.24) is 9.80 Å². The Kier molecular flexibility index (Phi) is 8.04. The number of hydrogen-bond acceptors (Lipinski definition) is 3. The van der Waals surface area contributed by atoms with Gasteiger partial charge in [0.25, 0.3) is 5.91 Å². The Morgan fingerprint density at radius 1 is 1.04 bits per heavy atom. The summed E-state index contributed by atoms with van der Waals surface area (Å²) in [6, 6.07) is 7.92. The van der Waals surface area contributed by atoms with Gasteiger partial charge < -0.3 is 14.5 Å². The van der Waals surface area contributed by atoms with Crippen LogP contribution in [0.1, 0.15) is 55.3 Å². The molecule has 0 radical (unpaired) electrons. The van der Waals surface area contributed by atoms with Crippen molar-refractivity contribution in [1.29, 1.82) is 0 Å². The third kappa shape index (κ3) is 5.35. The molecule has 2 aliphatic heterocycles. The Morgan fingerprint density at radius 3 is 2.40 bits per heavy atom. The molecule has 140 valence electrons. The minimum Gasteiger partial charge on any atom is -0.497 e. The molecule has 0 aliphatic carbocycles. The van der Waals surface area contributed by atoms with Crippen molar-refractivity contribution in [3.05, 3.63) is 29.8 Å². The molecule has 4 nitrogen and oxygen atoms in total. The van der Waals surface area contributed by atoms with Crippen molar-refractivity contribution in [2.45, 2.75) is 51.0 Å². The van der Waals surface area contributed by atoms with Crippen LogP contribution in [0.5, 0.6) is 5.75 Å². The molecule has 2 fully saturated rings. The van der Waals surface area contributed by atoms with Crippen molar-refractivity contribution in [3.8, 4) is 5.75 Å². The molecular weight excluding hydrogens is 336 g/mol. The van der Waals surface area contributed by atoms with E-state index < -0.39 is 0 Å². The second-order valence-electron chi connectivity index (χ2n) is 7.07. The fourth-order valence-electron chi connectivity index (χ4n) is 3.98. The van der Waals surface area contributed by atoms with Gasteiger partial charge in [0.2, 0.25) is 0 Å². The van der Waals surface area contributed by atoms with Gasteiger partial charge in [-0.2, -0.15) is 0 Å². The van der Waals surface area contributed by atoms with Gasteiger partial charge in [-0.3, -0.25) is 4.79 Å². The lowest BCUT2D eigenvalue weighted by molar-refractivity contribution is 0.0579. The molecule has 1 aromatic rings. The van der Waals surface area contributed by atoms with E-state index in [0.29, 0.717) is 6.04 Å². The number of carbonyl (C=O) groups excluding carboxylic acids is 1. The van der Waals surface area contributed by atoms with Gasteiger partial charge >= 0.3 is 0 Å². The van der Waals surface area contributed by atoms with Gasteiger partial charge in [0.05, 0.1) is 7.11 Å². The van der Waals surface area contributed by atoms with E-state index in [-0.39, 0.29) is 18.3 Å². The third-order valence-electron chi connectivity index (χ3n) is 5.45. The third-order valence-corrected chi connectivity index (χ3v) is 5.45. The number of halogens is 1. The van der Waals surface area contributed by atoms with E-state index in [2.05, 4.69) is 9.80 Å². The first-order chi connectivity index (χ1) is 11.8. The molecule has 25 heavy (non-hydrogen) atoms. The molecule has 5 heteroatoms. The van der Waals surface area contributed by atoms with E-state index >= 15 is 0 Å². The minimum absolute atomic E-state index is 0. The van der Waals surface area contributed by atoms with Crippen LogP contribution in [0.15, 0.2) is 24.3 Å². The van der Waals surface area contributed by atoms with Crippen molar-refractivity contribution in [2.24, 2.45) is 0 Å². The van der Waals surface area contributed by atoms with Gasteiger partial charge in [-0.1, -0.05) is 6.42 Å². The maximum atomic E-state index is 12.9. The first-order valence-electron chi connectivity index (χ1n) is 9.45. The lowest BCUT2D eigenvalue weighted by atomic mass is 9.97. The lowest BCUT2D eigenvalue weighted by Crippen LogP contribution is -2.45. The molecule has 0 aromatic heterocycles. The minimum atomic E-state index is 0. The van der Waals surface area contributed by atoms with Gasteiger partial charge in [-0.05, 0) is 75.9 Å². The Balaban J connectivity index is 0.00000225. The maximum absolute atomic E-state index is 12.9. The van der Waals surface area contributed by atoms with Gasteiger partial charge in [-0.25, -0.2) is 0 Å². The van der Waals surface area contributed by atoms with Crippen LogP contribution >= 0.6 is 12.4 Å². The van der Waals surface area contributed by atoms with E-state index in [1.165, 1.54) is 38.8 Å². The topological polar surface area (TPSA) is 32.8 Å². The van der Waals surface area contributed by atoms with Crippen molar-refractivity contribution in [3.63, 3.8) is 0 Å². The number of nitrogens with zero attached hydrogens (tertiary/aromatic N) is 2. The zero-order chi connectivity index (χ0) is 16.8. The molecule has 2 saturated heterocycles. The molecule has 3 rings (SSSR count). The van der Waals surface area contributed by atoms with Crippen LogP contribution in [0, 0.1) is 0 Å². The van der Waals surface area contributed by atoms with Crippen LogP contribution in [0.2, 0.25) is 0 Å². The maximum Gasteiger partial charge on any atom is 0.254 e. The standard InChI is InChI=1S/C20H30N2O2.ClH/c1-24-19-10-8-17(9-11-19)20(23)22-15-6-3-7-18(22)12-16-21-13-4-2-5-14-21;/h8-11,18H,2-7,12-16H2,1H3;1H. The summed E-state index contributed by atoms with van der Waals surface area (Å²) < 4.78 is 5.19. The summed E-state index contributed by atoms with van der Waals surface area (Å²) in [4.78, 5) is 17.6. The fraction of sp³-hybridized carbons (Fsp3) is 0.650. The van der Waals surface area contributed by atoms with Crippen LogP contribution < -0.4 is 4.74 Å². The molecule has 2 heterocycles. The molecule has 0 N–H and O–H groups in total. The highest BCUT2D eigenvalue weighted by Crippen LogP contribution is 2.24. The summed E-state index contributed by atoms with van der Waals surface area (Å²) in [5, 5.41) is 0. The Bertz CT molecular complexity index is 529. The van der Waals surface area contributed by atoms with E-state index in [9.17, 15) is 4.79 Å². The highest BCUT2D eigenvalue weighted by Gasteiger charge is 2.27. The highest BCUT2D eigenvalue weighted by atomic mass is 35.5. The summed E-state index contributed by atoms with van der Waals surface area (Å²) in [5.74, 6) is 0.979. The monoisotopic (exact) mass is 366 g/mol. The van der Waals surface area contributed by atoms with E-state index in [1.807, 2.05) is 24.3 Å². The molecule has 0 saturated carbocycles. The average Bonchev–Trinajstić information content (AvgIpc) is 2.67. The second-order valence-corrected chi connectivity index (χ2v) is 7.07. The summed E-state index contributed by atoms with van der Waals surface area (Å²) in [5.41, 5.74) is 0.778. The van der Waals surface area contributed by atoms with Gasteiger partial charge in [-0.15, -0.1) is 12.4 Å². The largest absolute Gasteiger partial charge is 0.497 e. The number of methoxy groups -OCH3 is 1. The number of likely N-dealkylation sites (tertiary alicyclic amines) is 2. The van der Waals surface area contributed by atoms with Gasteiger partial charge in [0, 0.05) is 24.7 Å². The first kappa shape index (κ1) is 20.1. The van der Waals surface area contributed by atoms with Crippen LogP contribution in [0.3, 0.4) is 0 Å². The predicted molar refractivity (Wildman–Crippen MR) is 104 cm³/mol. The Labute approximate surface area is 157 Å². The highest BCUT2D eigenvalue weighted by molar-refractivity contribution is 5.94. The number of amides is 1. The van der Waals surface area contributed by atoms with Crippen LogP contribution in [-0.2, 0) is 0 Å². The molecule has 2 aliphatic rings. The molecule has 1 aromatic carbocycles. The summed E-state index contributed by atoms with van der Waals surface area (Å²) in [6.45, 7) is 4.50. The first-order valence-corrected chi connectivity index (χ1v) is 9.45. The summed E-state index contributed by atoms with van der Waals surface area (Å²) in [6.07, 6.45) is 8.68. The van der Waals surface area contributed by atoms with Gasteiger partial charge in [0.15, 0.2) is 0 Å². The SMILES string of the molecule is COc1ccc(C(=O)N2CCCCC2CCN2CCCCC2)cc1.Cl. The number of benzene rings is 1. The van der Waals surface area contributed by atoms with E-state index in [0.717, 1.165) is 43.7 Å². The Hall–Kier alpha value is -1.26. The van der Waals surface area contributed by atoms with Crippen LogP contribution in [-0.4, -0.2) is 55.0 Å². The zero-order valence-electron chi connectivity index (χ0n) is 15.3. The van der Waals surface area contributed by atoms with Crippen molar-refractivity contribution in [2.75, 3.05) is 33.3 Å². The van der Waals surface area contributed by atoms with Crippen LogP contribution in [0.25, 0.3) is 0 Å². The quantitative estimate of drug-likeness (QED) is 0.789. The summed E-state index contributed by atoms with van der Waals surface area (Å²) >= 11 is 0. The Morgan fingerprint density at radius 2 is 1.72 bits per heavy atom. The number of piperidine rings is 2. The molecular formula is C20H31ClN2O2. The normalized spacial score (nSPS) is 21.5. The van der Waals surface area contributed by atoms with E-state index in [1.54, 1.807) is 7.11 Å². The predicted octanol–water partition coefficient (Wildman–Crippen LogP) is 3.99. The van der Waals surface area contributed by atoms with Crippen molar-refractivity contribution < 1.29 is 9.53 Å². The molecule has 0 spiro atoms. The summed E-state index contributed by atoms with van der Waals surface area (Å²) in [7, 11) is 1.65. The average molecular weight is 367 g/mol. The van der Waals surface area contributed by atoms with Crippen LogP contribution in [0.4, 0.5) is 0 Å². The molecule has 1 unspecified atom stereocenters. The molecule has 1 atom stereocenters. The zero-order valence-corrected chi connectivity index (χ0v) is 16.1. The second kappa shape index (κ2) is 10.0. The smallest absolute Gasteiger partial charge is 0.254 e. The van der Waals surface area contributed by atoms with Crippen molar-refractivity contribution >= 4 is 18.3 Å². The van der Waals surface area contributed by atoms with Gasteiger partial charge in [0.1, 0.15) is 5.75 Å².